The van der Waals surface area contributed by atoms with Crippen molar-refractivity contribution in [2.24, 2.45) is 0 Å². The van der Waals surface area contributed by atoms with Crippen LogP contribution in [0.3, 0.4) is 0 Å². The van der Waals surface area contributed by atoms with Gasteiger partial charge in [-0.05, 0) is 35.9 Å². The van der Waals surface area contributed by atoms with E-state index in [0.717, 1.165) is 5.56 Å². The Balaban J connectivity index is 2.24. The SMILES string of the molecule is COc1ccc(C(=O)Cc2ccc(F)cc2Br)cc1OC. The van der Waals surface area contributed by atoms with E-state index >= 15 is 0 Å². The van der Waals surface area contributed by atoms with E-state index in [9.17, 15) is 9.18 Å². The average Bonchev–Trinajstić information content (AvgIpc) is 2.49. The summed E-state index contributed by atoms with van der Waals surface area (Å²) in [6.07, 6.45) is 0.177. The molecule has 0 aromatic heterocycles. The van der Waals surface area contributed by atoms with Gasteiger partial charge in [0.2, 0.25) is 0 Å². The van der Waals surface area contributed by atoms with Crippen molar-refractivity contribution in [2.75, 3.05) is 14.2 Å². The summed E-state index contributed by atoms with van der Waals surface area (Å²) >= 11 is 3.26. The summed E-state index contributed by atoms with van der Waals surface area (Å²) in [6.45, 7) is 0. The zero-order valence-corrected chi connectivity index (χ0v) is 13.2. The molecule has 0 unspecified atom stereocenters. The van der Waals surface area contributed by atoms with Gasteiger partial charge in [-0.25, -0.2) is 4.39 Å². The van der Waals surface area contributed by atoms with Crippen LogP contribution >= 0.6 is 15.9 Å². The highest BCUT2D eigenvalue weighted by atomic mass is 79.9. The van der Waals surface area contributed by atoms with Gasteiger partial charge in [0.05, 0.1) is 14.2 Å². The fourth-order valence-electron chi connectivity index (χ4n) is 1.95. The van der Waals surface area contributed by atoms with Gasteiger partial charge in [-0.3, -0.25) is 4.79 Å². The van der Waals surface area contributed by atoms with Crippen molar-refractivity contribution in [1.82, 2.24) is 0 Å². The van der Waals surface area contributed by atoms with E-state index in [1.165, 1.54) is 26.4 Å². The Labute approximate surface area is 130 Å². The number of hydrogen-bond donors (Lipinski definition) is 0. The first kappa shape index (κ1) is 15.5. The van der Waals surface area contributed by atoms with Gasteiger partial charge in [0, 0.05) is 16.5 Å². The summed E-state index contributed by atoms with van der Waals surface area (Å²) in [6, 6.07) is 9.28. The number of carbonyl (C=O) groups excluding carboxylic acids is 1. The lowest BCUT2D eigenvalue weighted by Crippen LogP contribution is -2.05. The molecule has 5 heteroatoms. The van der Waals surface area contributed by atoms with Gasteiger partial charge in [0.1, 0.15) is 5.82 Å². The number of methoxy groups -OCH3 is 2. The number of rotatable bonds is 5. The van der Waals surface area contributed by atoms with Crippen molar-refractivity contribution in [1.29, 1.82) is 0 Å². The fraction of sp³-hybridized carbons (Fsp3) is 0.188. The Kier molecular flexibility index (Phi) is 4.96. The maximum atomic E-state index is 13.0. The highest BCUT2D eigenvalue weighted by Gasteiger charge is 2.13. The van der Waals surface area contributed by atoms with Crippen molar-refractivity contribution in [3.05, 3.63) is 57.8 Å². The zero-order valence-electron chi connectivity index (χ0n) is 11.7. The van der Waals surface area contributed by atoms with E-state index in [1.807, 2.05) is 0 Å². The molecule has 2 aromatic carbocycles. The van der Waals surface area contributed by atoms with E-state index in [2.05, 4.69) is 15.9 Å². The molecule has 0 heterocycles. The molecule has 0 amide bonds. The molecular weight excluding hydrogens is 339 g/mol. The Hall–Kier alpha value is -1.88. The van der Waals surface area contributed by atoms with E-state index < -0.39 is 0 Å². The average molecular weight is 353 g/mol. The fourth-order valence-corrected chi connectivity index (χ4v) is 2.44. The number of halogens is 2. The highest BCUT2D eigenvalue weighted by molar-refractivity contribution is 9.10. The summed E-state index contributed by atoms with van der Waals surface area (Å²) in [7, 11) is 3.05. The number of hydrogen-bond acceptors (Lipinski definition) is 3. The third kappa shape index (κ3) is 3.61. The predicted octanol–water partition coefficient (Wildman–Crippen LogP) is 4.03. The molecule has 3 nitrogen and oxygen atoms in total. The van der Waals surface area contributed by atoms with E-state index in [1.54, 1.807) is 24.3 Å². The molecule has 0 atom stereocenters. The number of ether oxygens (including phenoxy) is 2. The maximum absolute atomic E-state index is 13.0. The third-order valence-electron chi connectivity index (χ3n) is 3.07. The second-order valence-electron chi connectivity index (χ2n) is 4.41. The van der Waals surface area contributed by atoms with Crippen LogP contribution in [0, 0.1) is 5.82 Å². The van der Waals surface area contributed by atoms with Gasteiger partial charge >= 0.3 is 0 Å². The lowest BCUT2D eigenvalue weighted by atomic mass is 10.0. The zero-order chi connectivity index (χ0) is 15.4. The second kappa shape index (κ2) is 6.72. The topological polar surface area (TPSA) is 35.5 Å². The van der Waals surface area contributed by atoms with Gasteiger partial charge < -0.3 is 9.47 Å². The van der Waals surface area contributed by atoms with Gasteiger partial charge in [0.25, 0.3) is 0 Å². The van der Waals surface area contributed by atoms with Crippen LogP contribution in [-0.4, -0.2) is 20.0 Å². The van der Waals surface area contributed by atoms with Crippen LogP contribution in [0.2, 0.25) is 0 Å². The molecule has 0 aliphatic carbocycles. The lowest BCUT2D eigenvalue weighted by Gasteiger charge is -2.09. The molecular formula is C16H14BrFO3. The Morgan fingerprint density at radius 2 is 1.81 bits per heavy atom. The number of ketones is 1. The van der Waals surface area contributed by atoms with Crippen molar-refractivity contribution >= 4 is 21.7 Å². The minimum absolute atomic E-state index is 0.0803. The molecule has 2 aromatic rings. The van der Waals surface area contributed by atoms with Gasteiger partial charge in [-0.1, -0.05) is 22.0 Å². The number of benzene rings is 2. The summed E-state index contributed by atoms with van der Waals surface area (Å²) in [5.74, 6) is 0.644. The van der Waals surface area contributed by atoms with E-state index in [-0.39, 0.29) is 18.0 Å². The largest absolute Gasteiger partial charge is 0.493 e. The Morgan fingerprint density at radius 3 is 2.43 bits per heavy atom. The summed E-state index contributed by atoms with van der Waals surface area (Å²) in [5.41, 5.74) is 1.25. The standard InChI is InChI=1S/C16H14BrFO3/c1-20-15-6-4-11(8-16(15)21-2)14(19)7-10-3-5-12(18)9-13(10)17/h3-6,8-9H,7H2,1-2H3. The molecule has 0 N–H and O–H groups in total. The van der Waals surface area contributed by atoms with E-state index in [0.29, 0.717) is 21.5 Å². The van der Waals surface area contributed by atoms with E-state index in [4.69, 9.17) is 9.47 Å². The van der Waals surface area contributed by atoms with Crippen LogP contribution in [0.1, 0.15) is 15.9 Å². The number of Topliss-reactive ketones (excluding diaryl/α,β-unsaturated/α-hetero) is 1. The van der Waals surface area contributed by atoms with Gasteiger partial charge in [0.15, 0.2) is 17.3 Å². The Bertz CT molecular complexity index is 671. The predicted molar refractivity (Wildman–Crippen MR) is 81.7 cm³/mol. The summed E-state index contributed by atoms with van der Waals surface area (Å²) < 4.78 is 23.9. The van der Waals surface area contributed by atoms with Crippen LogP contribution in [0.25, 0.3) is 0 Å². The molecule has 0 bridgehead atoms. The van der Waals surface area contributed by atoms with Crippen LogP contribution in [0.4, 0.5) is 4.39 Å². The minimum atomic E-state index is -0.343. The first-order valence-electron chi connectivity index (χ1n) is 6.24. The Morgan fingerprint density at radius 1 is 1.10 bits per heavy atom. The van der Waals surface area contributed by atoms with Crippen molar-refractivity contribution in [3.8, 4) is 11.5 Å². The van der Waals surface area contributed by atoms with Gasteiger partial charge in [-0.15, -0.1) is 0 Å². The van der Waals surface area contributed by atoms with Gasteiger partial charge in [-0.2, -0.15) is 0 Å². The molecule has 0 aliphatic heterocycles. The van der Waals surface area contributed by atoms with Crippen LogP contribution in [-0.2, 0) is 6.42 Å². The molecule has 2 rings (SSSR count). The number of carbonyl (C=O) groups is 1. The molecule has 110 valence electrons. The molecule has 0 radical (unpaired) electrons. The van der Waals surface area contributed by atoms with Crippen molar-refractivity contribution in [2.45, 2.75) is 6.42 Å². The normalized spacial score (nSPS) is 10.3. The summed E-state index contributed by atoms with van der Waals surface area (Å²) in [4.78, 5) is 12.3. The molecule has 0 saturated heterocycles. The molecule has 0 spiro atoms. The second-order valence-corrected chi connectivity index (χ2v) is 5.26. The monoisotopic (exact) mass is 352 g/mol. The smallest absolute Gasteiger partial charge is 0.167 e. The molecule has 21 heavy (non-hydrogen) atoms. The lowest BCUT2D eigenvalue weighted by molar-refractivity contribution is 0.0992. The van der Waals surface area contributed by atoms with Crippen LogP contribution < -0.4 is 9.47 Å². The third-order valence-corrected chi connectivity index (χ3v) is 3.81. The minimum Gasteiger partial charge on any atom is -0.493 e. The van der Waals surface area contributed by atoms with Crippen LogP contribution in [0.15, 0.2) is 40.9 Å². The maximum Gasteiger partial charge on any atom is 0.167 e. The first-order valence-corrected chi connectivity index (χ1v) is 7.03. The summed E-state index contributed by atoms with van der Waals surface area (Å²) in [5, 5.41) is 0. The first-order chi connectivity index (χ1) is 10.0. The highest BCUT2D eigenvalue weighted by Crippen LogP contribution is 2.28. The molecule has 0 fully saturated rings. The quantitative estimate of drug-likeness (QED) is 0.762. The van der Waals surface area contributed by atoms with Crippen LogP contribution in [0.5, 0.6) is 11.5 Å². The van der Waals surface area contributed by atoms with Crippen molar-refractivity contribution < 1.29 is 18.7 Å². The molecule has 0 aliphatic rings. The molecule has 0 saturated carbocycles. The van der Waals surface area contributed by atoms with Crippen molar-refractivity contribution in [3.63, 3.8) is 0 Å².